The Morgan fingerprint density at radius 3 is 2.16 bits per heavy atom. The molecule has 0 aromatic carbocycles. The van der Waals surface area contributed by atoms with Crippen molar-refractivity contribution in [3.63, 3.8) is 0 Å². The van der Waals surface area contributed by atoms with Crippen molar-refractivity contribution in [3.8, 4) is 6.07 Å². The van der Waals surface area contributed by atoms with Gasteiger partial charge < -0.3 is 4.74 Å². The first kappa shape index (κ1) is 13.8. The van der Waals surface area contributed by atoms with Gasteiger partial charge in [-0.05, 0) is 36.7 Å². The molecule has 0 aliphatic carbocycles. The van der Waals surface area contributed by atoms with Crippen LogP contribution in [-0.4, -0.2) is 11.6 Å². The third-order valence-corrected chi connectivity index (χ3v) is 4.39. The third-order valence-electron chi connectivity index (χ3n) is 2.52. The second-order valence-corrected chi connectivity index (χ2v) is 6.47. The van der Waals surface area contributed by atoms with Crippen LogP contribution in [0.4, 0.5) is 0 Å². The number of nitrogens with zero attached hydrogens (tertiary/aromatic N) is 1. The van der Waals surface area contributed by atoms with Crippen molar-refractivity contribution in [2.75, 3.05) is 0 Å². The van der Waals surface area contributed by atoms with Crippen LogP contribution in [0.15, 0.2) is 35.0 Å². The van der Waals surface area contributed by atoms with E-state index in [1.54, 1.807) is 13.8 Å². The van der Waals surface area contributed by atoms with Gasteiger partial charge in [0.15, 0.2) is 5.60 Å². The van der Waals surface area contributed by atoms with E-state index in [2.05, 4.69) is 0 Å². The van der Waals surface area contributed by atoms with Crippen LogP contribution in [-0.2, 0) is 9.53 Å². The number of carbonyl (C=O) groups excluding carboxylic acids is 1. The fraction of sp³-hybridized carbons (Fsp3) is 0.286. The topological polar surface area (TPSA) is 50.1 Å². The summed E-state index contributed by atoms with van der Waals surface area (Å²) in [6.07, 6.45) is 0. The summed E-state index contributed by atoms with van der Waals surface area (Å²) in [6.45, 7) is 3.18. The smallest absolute Gasteiger partial charge is 0.321 e. The molecule has 0 unspecified atom stereocenters. The zero-order chi connectivity index (χ0) is 13.9. The van der Waals surface area contributed by atoms with Crippen LogP contribution in [0, 0.1) is 11.3 Å². The summed E-state index contributed by atoms with van der Waals surface area (Å²) in [5.41, 5.74) is -1.11. The maximum atomic E-state index is 12.4. The Morgan fingerprint density at radius 1 is 1.26 bits per heavy atom. The van der Waals surface area contributed by atoms with Gasteiger partial charge in [-0.1, -0.05) is 12.1 Å². The van der Waals surface area contributed by atoms with Crippen LogP contribution in [0.3, 0.4) is 0 Å². The first-order valence-electron chi connectivity index (χ1n) is 5.74. The standard InChI is InChI=1S/C14H13NO2S2/c1-14(2,9-15)17-13(16)12(10-5-3-7-18-10)11-6-4-8-19-11/h3-8,12H,1-2H3. The van der Waals surface area contributed by atoms with E-state index in [4.69, 9.17) is 10.00 Å². The fourth-order valence-electron chi connectivity index (χ4n) is 1.62. The molecule has 0 fully saturated rings. The maximum absolute atomic E-state index is 12.4. The van der Waals surface area contributed by atoms with Gasteiger partial charge in [-0.25, -0.2) is 0 Å². The van der Waals surface area contributed by atoms with E-state index in [0.717, 1.165) is 9.75 Å². The lowest BCUT2D eigenvalue weighted by Crippen LogP contribution is -2.29. The summed E-state index contributed by atoms with van der Waals surface area (Å²) in [7, 11) is 0. The maximum Gasteiger partial charge on any atom is 0.321 e. The highest BCUT2D eigenvalue weighted by atomic mass is 32.1. The first-order valence-corrected chi connectivity index (χ1v) is 7.50. The highest BCUT2D eigenvalue weighted by Gasteiger charge is 2.31. The molecule has 0 amide bonds. The number of nitriles is 1. The average molecular weight is 291 g/mol. The Labute approximate surface area is 120 Å². The second kappa shape index (κ2) is 5.55. The first-order chi connectivity index (χ1) is 9.03. The molecule has 0 radical (unpaired) electrons. The van der Waals surface area contributed by atoms with Crippen molar-refractivity contribution in [1.29, 1.82) is 5.26 Å². The van der Waals surface area contributed by atoms with E-state index in [1.807, 2.05) is 41.1 Å². The normalized spacial score (nSPS) is 11.3. The molecule has 5 heteroatoms. The molecule has 0 atom stereocenters. The minimum absolute atomic E-state index is 0.378. The molecule has 3 nitrogen and oxygen atoms in total. The highest BCUT2D eigenvalue weighted by Crippen LogP contribution is 2.33. The molecule has 98 valence electrons. The molecule has 0 aliphatic heterocycles. The lowest BCUT2D eigenvalue weighted by atomic mass is 10.1. The molecule has 2 rings (SSSR count). The van der Waals surface area contributed by atoms with Gasteiger partial charge in [0.05, 0.1) is 0 Å². The zero-order valence-electron chi connectivity index (χ0n) is 10.6. The predicted molar refractivity (Wildman–Crippen MR) is 76.3 cm³/mol. The third kappa shape index (κ3) is 3.22. The molecule has 2 aromatic heterocycles. The SMILES string of the molecule is CC(C)(C#N)OC(=O)C(c1cccs1)c1cccs1. The molecular weight excluding hydrogens is 278 g/mol. The van der Waals surface area contributed by atoms with Gasteiger partial charge in [-0.15, -0.1) is 22.7 Å². The van der Waals surface area contributed by atoms with Crippen LogP contribution in [0.25, 0.3) is 0 Å². The van der Waals surface area contributed by atoms with Gasteiger partial charge in [0.1, 0.15) is 12.0 Å². The van der Waals surface area contributed by atoms with E-state index < -0.39 is 11.5 Å². The number of thiophene rings is 2. The number of rotatable bonds is 4. The Morgan fingerprint density at radius 2 is 1.79 bits per heavy atom. The van der Waals surface area contributed by atoms with Crippen molar-refractivity contribution in [2.45, 2.75) is 25.4 Å². The van der Waals surface area contributed by atoms with Gasteiger partial charge in [0.2, 0.25) is 0 Å². The average Bonchev–Trinajstić information content (AvgIpc) is 3.02. The molecule has 0 saturated heterocycles. The van der Waals surface area contributed by atoms with Gasteiger partial charge in [-0.2, -0.15) is 5.26 Å². The van der Waals surface area contributed by atoms with E-state index in [9.17, 15) is 4.79 Å². The number of hydrogen-bond donors (Lipinski definition) is 0. The van der Waals surface area contributed by atoms with Crippen molar-refractivity contribution in [2.24, 2.45) is 0 Å². The second-order valence-electron chi connectivity index (χ2n) is 4.51. The Kier molecular flexibility index (Phi) is 4.03. The Hall–Kier alpha value is -1.64. The summed E-state index contributed by atoms with van der Waals surface area (Å²) in [5, 5.41) is 12.8. The van der Waals surface area contributed by atoms with Crippen LogP contribution in [0.1, 0.15) is 29.5 Å². The number of ether oxygens (including phenoxy) is 1. The van der Waals surface area contributed by atoms with E-state index in [-0.39, 0.29) is 5.97 Å². The van der Waals surface area contributed by atoms with Crippen LogP contribution >= 0.6 is 22.7 Å². The zero-order valence-corrected chi connectivity index (χ0v) is 12.3. The lowest BCUT2D eigenvalue weighted by molar-refractivity contribution is -0.152. The Balaban J connectivity index is 2.30. The minimum atomic E-state index is -1.11. The van der Waals surface area contributed by atoms with Crippen LogP contribution < -0.4 is 0 Å². The molecule has 0 saturated carbocycles. The molecule has 19 heavy (non-hydrogen) atoms. The van der Waals surface area contributed by atoms with Gasteiger partial charge >= 0.3 is 5.97 Å². The van der Waals surface area contributed by atoms with Gasteiger partial charge in [0, 0.05) is 9.75 Å². The number of esters is 1. The predicted octanol–water partition coefficient (Wildman–Crippen LogP) is 3.79. The van der Waals surface area contributed by atoms with Gasteiger partial charge in [-0.3, -0.25) is 4.79 Å². The highest BCUT2D eigenvalue weighted by molar-refractivity contribution is 7.11. The van der Waals surface area contributed by atoms with Crippen LogP contribution in [0.5, 0.6) is 0 Å². The molecular formula is C14H13NO2S2. The molecule has 2 heterocycles. The summed E-state index contributed by atoms with van der Waals surface area (Å²) < 4.78 is 5.31. The van der Waals surface area contributed by atoms with E-state index in [1.165, 1.54) is 22.7 Å². The number of carbonyl (C=O) groups is 1. The van der Waals surface area contributed by atoms with Crippen molar-refractivity contribution in [3.05, 3.63) is 44.8 Å². The largest absolute Gasteiger partial charge is 0.443 e. The number of hydrogen-bond acceptors (Lipinski definition) is 5. The van der Waals surface area contributed by atoms with Crippen molar-refractivity contribution < 1.29 is 9.53 Å². The van der Waals surface area contributed by atoms with Crippen molar-refractivity contribution >= 4 is 28.6 Å². The quantitative estimate of drug-likeness (QED) is 0.805. The Bertz CT molecular complexity index is 545. The summed E-state index contributed by atoms with van der Waals surface area (Å²) in [6, 6.07) is 9.62. The van der Waals surface area contributed by atoms with Crippen LogP contribution in [0.2, 0.25) is 0 Å². The molecule has 0 spiro atoms. The van der Waals surface area contributed by atoms with Gasteiger partial charge in [0.25, 0.3) is 0 Å². The summed E-state index contributed by atoms with van der Waals surface area (Å²) in [5.74, 6) is -0.816. The lowest BCUT2D eigenvalue weighted by Gasteiger charge is -2.20. The molecule has 0 aliphatic rings. The molecule has 0 bridgehead atoms. The fourth-order valence-corrected chi connectivity index (χ4v) is 3.35. The molecule has 2 aromatic rings. The monoisotopic (exact) mass is 291 g/mol. The van der Waals surface area contributed by atoms with Crippen molar-refractivity contribution in [1.82, 2.24) is 0 Å². The molecule has 0 N–H and O–H groups in total. The minimum Gasteiger partial charge on any atom is -0.443 e. The van der Waals surface area contributed by atoms with E-state index >= 15 is 0 Å². The summed E-state index contributed by atoms with van der Waals surface area (Å²) in [4.78, 5) is 14.2. The van der Waals surface area contributed by atoms with E-state index in [0.29, 0.717) is 0 Å². The summed E-state index contributed by atoms with van der Waals surface area (Å²) >= 11 is 3.03.